The van der Waals surface area contributed by atoms with E-state index in [4.69, 9.17) is 10.2 Å². The number of halogens is 1. The summed E-state index contributed by atoms with van der Waals surface area (Å²) in [5.41, 5.74) is 6.19. The lowest BCUT2D eigenvalue weighted by molar-refractivity contribution is 0.102. The molecule has 0 radical (unpaired) electrons. The third-order valence-electron chi connectivity index (χ3n) is 2.54. The van der Waals surface area contributed by atoms with Gasteiger partial charge in [-0.3, -0.25) is 4.79 Å². The van der Waals surface area contributed by atoms with Gasteiger partial charge in [0.05, 0.1) is 11.3 Å². The van der Waals surface area contributed by atoms with Crippen LogP contribution >= 0.6 is 0 Å². The summed E-state index contributed by atoms with van der Waals surface area (Å²) in [5.74, 6) is 0.281. The van der Waals surface area contributed by atoms with Crippen LogP contribution in [-0.4, -0.2) is 5.91 Å². The van der Waals surface area contributed by atoms with E-state index < -0.39 is 5.82 Å². The van der Waals surface area contributed by atoms with Crippen molar-refractivity contribution in [1.29, 1.82) is 0 Å². The second-order valence-corrected chi connectivity index (χ2v) is 4.02. The number of amides is 1. The van der Waals surface area contributed by atoms with Crippen molar-refractivity contribution in [2.24, 2.45) is 0 Å². The van der Waals surface area contributed by atoms with Gasteiger partial charge in [0.25, 0.3) is 5.91 Å². The average Bonchev–Trinajstić information content (AvgIpc) is 2.63. The lowest BCUT2D eigenvalue weighted by Crippen LogP contribution is -2.12. The summed E-state index contributed by atoms with van der Waals surface area (Å²) < 4.78 is 18.5. The molecule has 0 unspecified atom stereocenters. The monoisotopic (exact) mass is 248 g/mol. The van der Waals surface area contributed by atoms with Gasteiger partial charge in [0.2, 0.25) is 0 Å². The molecule has 18 heavy (non-hydrogen) atoms. The van der Waals surface area contributed by atoms with Gasteiger partial charge in [-0.15, -0.1) is 0 Å². The molecule has 1 aromatic carbocycles. The van der Waals surface area contributed by atoms with Crippen molar-refractivity contribution in [2.45, 2.75) is 13.8 Å². The van der Waals surface area contributed by atoms with E-state index in [1.807, 2.05) is 0 Å². The lowest BCUT2D eigenvalue weighted by atomic mass is 10.2. The summed E-state index contributed by atoms with van der Waals surface area (Å²) >= 11 is 0. The van der Waals surface area contributed by atoms with Crippen molar-refractivity contribution >= 4 is 17.3 Å². The average molecular weight is 248 g/mol. The Morgan fingerprint density at radius 1 is 1.33 bits per heavy atom. The van der Waals surface area contributed by atoms with Gasteiger partial charge in [-0.25, -0.2) is 4.39 Å². The molecule has 2 rings (SSSR count). The largest absolute Gasteiger partial charge is 0.466 e. The summed E-state index contributed by atoms with van der Waals surface area (Å²) in [5, 5.41) is 2.59. The Balaban J connectivity index is 2.21. The molecule has 1 amide bonds. The first kappa shape index (κ1) is 12.2. The molecule has 94 valence electrons. The Morgan fingerprint density at radius 3 is 2.61 bits per heavy atom. The minimum Gasteiger partial charge on any atom is -0.466 e. The Bertz CT molecular complexity index is 605. The predicted octanol–water partition coefficient (Wildman–Crippen LogP) is 2.87. The zero-order valence-corrected chi connectivity index (χ0v) is 10.1. The third-order valence-corrected chi connectivity index (χ3v) is 2.54. The molecule has 0 aliphatic heterocycles. The van der Waals surface area contributed by atoms with Gasteiger partial charge < -0.3 is 15.5 Å². The Kier molecular flexibility index (Phi) is 3.06. The van der Waals surface area contributed by atoms with Crippen molar-refractivity contribution in [3.63, 3.8) is 0 Å². The topological polar surface area (TPSA) is 68.3 Å². The molecule has 5 heteroatoms. The summed E-state index contributed by atoms with van der Waals surface area (Å²) in [4.78, 5) is 11.9. The van der Waals surface area contributed by atoms with Crippen LogP contribution in [0.15, 0.2) is 28.7 Å². The highest BCUT2D eigenvalue weighted by molar-refractivity contribution is 6.05. The number of carbonyl (C=O) groups is 1. The van der Waals surface area contributed by atoms with Crippen LogP contribution < -0.4 is 11.1 Å². The molecule has 0 saturated heterocycles. The number of carbonyl (C=O) groups excluding carboxylic acids is 1. The SMILES string of the molecule is Cc1cc(C(=O)Nc2ccc(N)c(F)c2)c(C)o1. The first-order chi connectivity index (χ1) is 8.47. The summed E-state index contributed by atoms with van der Waals surface area (Å²) in [6, 6.07) is 5.75. The molecule has 0 aliphatic carbocycles. The Morgan fingerprint density at radius 2 is 2.06 bits per heavy atom. The fourth-order valence-electron chi connectivity index (χ4n) is 1.66. The van der Waals surface area contributed by atoms with Crippen molar-refractivity contribution < 1.29 is 13.6 Å². The van der Waals surface area contributed by atoms with Gasteiger partial charge in [-0.1, -0.05) is 0 Å². The summed E-state index contributed by atoms with van der Waals surface area (Å²) in [7, 11) is 0. The fraction of sp³-hybridized carbons (Fsp3) is 0.154. The number of hydrogen-bond donors (Lipinski definition) is 2. The third kappa shape index (κ3) is 2.34. The number of hydrogen-bond acceptors (Lipinski definition) is 3. The highest BCUT2D eigenvalue weighted by atomic mass is 19.1. The van der Waals surface area contributed by atoms with Gasteiger partial charge in [0, 0.05) is 5.69 Å². The van der Waals surface area contributed by atoms with E-state index in [1.165, 1.54) is 12.1 Å². The van der Waals surface area contributed by atoms with E-state index in [1.54, 1.807) is 26.0 Å². The molecule has 0 spiro atoms. The quantitative estimate of drug-likeness (QED) is 0.803. The molecule has 3 N–H and O–H groups in total. The van der Waals surface area contributed by atoms with E-state index in [9.17, 15) is 9.18 Å². The van der Waals surface area contributed by atoms with Crippen LogP contribution in [0.4, 0.5) is 15.8 Å². The first-order valence-corrected chi connectivity index (χ1v) is 5.41. The molecular weight excluding hydrogens is 235 g/mol. The van der Waals surface area contributed by atoms with Crippen LogP contribution in [0, 0.1) is 19.7 Å². The highest BCUT2D eigenvalue weighted by Crippen LogP contribution is 2.19. The normalized spacial score (nSPS) is 10.4. The standard InChI is InChI=1S/C13H13FN2O2/c1-7-5-10(8(2)18-7)13(17)16-9-3-4-12(15)11(14)6-9/h3-6H,15H2,1-2H3,(H,16,17). The van der Waals surface area contributed by atoms with Gasteiger partial charge in [0.1, 0.15) is 17.3 Å². The molecule has 0 fully saturated rings. The zero-order valence-electron chi connectivity index (χ0n) is 10.1. The van der Waals surface area contributed by atoms with E-state index in [-0.39, 0.29) is 11.6 Å². The van der Waals surface area contributed by atoms with Crippen molar-refractivity contribution in [3.05, 3.63) is 47.2 Å². The van der Waals surface area contributed by atoms with E-state index >= 15 is 0 Å². The Labute approximate surface area is 104 Å². The Hall–Kier alpha value is -2.30. The van der Waals surface area contributed by atoms with Crippen LogP contribution in [0.5, 0.6) is 0 Å². The van der Waals surface area contributed by atoms with Gasteiger partial charge in [-0.05, 0) is 38.1 Å². The number of nitrogens with two attached hydrogens (primary N) is 1. The fourth-order valence-corrected chi connectivity index (χ4v) is 1.66. The molecule has 1 heterocycles. The molecular formula is C13H13FN2O2. The van der Waals surface area contributed by atoms with Crippen molar-refractivity contribution in [2.75, 3.05) is 11.1 Å². The van der Waals surface area contributed by atoms with Gasteiger partial charge >= 0.3 is 0 Å². The minimum absolute atomic E-state index is 0.0448. The van der Waals surface area contributed by atoms with Crippen LogP contribution in [0.1, 0.15) is 21.9 Å². The molecule has 0 bridgehead atoms. The van der Waals surface area contributed by atoms with Crippen LogP contribution in [0.2, 0.25) is 0 Å². The minimum atomic E-state index is -0.562. The number of benzene rings is 1. The van der Waals surface area contributed by atoms with Crippen LogP contribution in [-0.2, 0) is 0 Å². The molecule has 1 aromatic heterocycles. The number of rotatable bonds is 2. The molecule has 0 aliphatic rings. The number of anilines is 2. The molecule has 0 saturated carbocycles. The van der Waals surface area contributed by atoms with Crippen LogP contribution in [0.3, 0.4) is 0 Å². The number of furan rings is 1. The van der Waals surface area contributed by atoms with Gasteiger partial charge in [-0.2, -0.15) is 0 Å². The van der Waals surface area contributed by atoms with Gasteiger partial charge in [0.15, 0.2) is 0 Å². The smallest absolute Gasteiger partial charge is 0.259 e. The molecule has 2 aromatic rings. The number of aryl methyl sites for hydroxylation is 2. The number of nitrogens with one attached hydrogen (secondary N) is 1. The van der Waals surface area contributed by atoms with Crippen LogP contribution in [0.25, 0.3) is 0 Å². The summed E-state index contributed by atoms with van der Waals surface area (Å²) in [6.45, 7) is 3.46. The van der Waals surface area contributed by atoms with Crippen molar-refractivity contribution in [1.82, 2.24) is 0 Å². The first-order valence-electron chi connectivity index (χ1n) is 5.41. The van der Waals surface area contributed by atoms with E-state index in [2.05, 4.69) is 5.32 Å². The summed E-state index contributed by atoms with van der Waals surface area (Å²) in [6.07, 6.45) is 0. The molecule has 0 atom stereocenters. The second-order valence-electron chi connectivity index (χ2n) is 4.02. The second kappa shape index (κ2) is 4.52. The lowest BCUT2D eigenvalue weighted by Gasteiger charge is -2.05. The maximum atomic E-state index is 13.2. The maximum Gasteiger partial charge on any atom is 0.259 e. The number of nitrogen functional groups attached to an aromatic ring is 1. The zero-order chi connectivity index (χ0) is 13.3. The maximum absolute atomic E-state index is 13.2. The molecule has 4 nitrogen and oxygen atoms in total. The predicted molar refractivity (Wildman–Crippen MR) is 66.9 cm³/mol. The highest BCUT2D eigenvalue weighted by Gasteiger charge is 2.14. The van der Waals surface area contributed by atoms with E-state index in [0.717, 1.165) is 0 Å². The van der Waals surface area contributed by atoms with Crippen molar-refractivity contribution in [3.8, 4) is 0 Å². The van der Waals surface area contributed by atoms with E-state index in [0.29, 0.717) is 22.8 Å².